The molecule has 1 aromatic heterocycles. The van der Waals surface area contributed by atoms with Crippen molar-refractivity contribution in [3.05, 3.63) is 34.4 Å². The van der Waals surface area contributed by atoms with Gasteiger partial charge in [0, 0.05) is 27.1 Å². The summed E-state index contributed by atoms with van der Waals surface area (Å²) in [4.78, 5) is 14.3. The van der Waals surface area contributed by atoms with Gasteiger partial charge in [0.1, 0.15) is 0 Å². The van der Waals surface area contributed by atoms with Gasteiger partial charge in [-0.3, -0.25) is 4.79 Å². The van der Waals surface area contributed by atoms with Crippen molar-refractivity contribution in [2.75, 3.05) is 0 Å². The van der Waals surface area contributed by atoms with E-state index in [0.29, 0.717) is 0 Å². The topological polar surface area (TPSA) is 32.9 Å². The molecule has 0 unspecified atom stereocenters. The minimum Gasteiger partial charge on any atom is -0.360 e. The maximum atomic E-state index is 11.2. The van der Waals surface area contributed by atoms with Gasteiger partial charge in [-0.05, 0) is 19.1 Å². The first-order chi connectivity index (χ1) is 6.20. The zero-order valence-electron chi connectivity index (χ0n) is 7.10. The molecule has 2 aromatic rings. The third-order valence-electron chi connectivity index (χ3n) is 2.03. The first-order valence-corrected chi connectivity index (χ1v) is 4.76. The lowest BCUT2D eigenvalue weighted by Gasteiger charge is -1.95. The van der Waals surface area contributed by atoms with Crippen LogP contribution < -0.4 is 0 Å². The van der Waals surface area contributed by atoms with Crippen LogP contribution in [-0.2, 0) is 0 Å². The van der Waals surface area contributed by atoms with Crippen molar-refractivity contribution in [1.82, 2.24) is 4.98 Å². The molecule has 0 aliphatic heterocycles. The van der Waals surface area contributed by atoms with E-state index in [9.17, 15) is 4.79 Å². The molecule has 13 heavy (non-hydrogen) atoms. The van der Waals surface area contributed by atoms with Crippen LogP contribution in [0, 0.1) is 0 Å². The predicted octanol–water partition coefficient (Wildman–Crippen LogP) is 3.13. The molecule has 1 aromatic carbocycles. The van der Waals surface area contributed by atoms with Crippen LogP contribution in [0.2, 0.25) is 0 Å². The molecule has 2 nitrogen and oxygen atoms in total. The van der Waals surface area contributed by atoms with Crippen LogP contribution in [0.15, 0.2) is 28.9 Å². The predicted molar refractivity (Wildman–Crippen MR) is 56.0 cm³/mol. The van der Waals surface area contributed by atoms with Gasteiger partial charge in [-0.15, -0.1) is 0 Å². The fraction of sp³-hybridized carbons (Fsp3) is 0.100. The third-order valence-corrected chi connectivity index (χ3v) is 2.70. The summed E-state index contributed by atoms with van der Waals surface area (Å²) in [5, 5.41) is 0.968. The zero-order chi connectivity index (χ0) is 9.42. The average Bonchev–Trinajstić information content (AvgIpc) is 2.49. The average molecular weight is 238 g/mol. The van der Waals surface area contributed by atoms with E-state index in [1.807, 2.05) is 18.2 Å². The Hall–Kier alpha value is -1.09. The van der Waals surface area contributed by atoms with E-state index in [2.05, 4.69) is 20.9 Å². The minimum absolute atomic E-state index is 0.0816. The van der Waals surface area contributed by atoms with Crippen LogP contribution in [0.3, 0.4) is 0 Å². The maximum absolute atomic E-state index is 11.2. The number of aromatic nitrogens is 1. The first kappa shape index (κ1) is 8.51. The largest absolute Gasteiger partial charge is 0.360 e. The van der Waals surface area contributed by atoms with Crippen LogP contribution in [0.1, 0.15) is 17.3 Å². The number of carbonyl (C=O) groups excluding carboxylic acids is 1. The molecule has 0 fully saturated rings. The fourth-order valence-electron chi connectivity index (χ4n) is 1.42. The molecule has 1 N–H and O–H groups in total. The van der Waals surface area contributed by atoms with Gasteiger partial charge in [-0.1, -0.05) is 22.0 Å². The lowest BCUT2D eigenvalue weighted by atomic mass is 10.1. The number of hydrogen-bond donors (Lipinski definition) is 1. The van der Waals surface area contributed by atoms with Crippen LogP contribution in [0.5, 0.6) is 0 Å². The monoisotopic (exact) mass is 237 g/mol. The number of halogens is 1. The van der Waals surface area contributed by atoms with E-state index < -0.39 is 0 Å². The summed E-state index contributed by atoms with van der Waals surface area (Å²) >= 11 is 3.42. The molecule has 1 heterocycles. The Kier molecular flexibility index (Phi) is 1.96. The molecule has 0 aliphatic carbocycles. The summed E-state index contributed by atoms with van der Waals surface area (Å²) in [6, 6.07) is 5.82. The molecule has 0 saturated heterocycles. The molecule has 0 saturated carbocycles. The number of carbonyl (C=O) groups is 1. The summed E-state index contributed by atoms with van der Waals surface area (Å²) < 4.78 is 0.955. The molecule has 0 aliphatic rings. The molecule has 0 radical (unpaired) electrons. The highest BCUT2D eigenvalue weighted by molar-refractivity contribution is 9.10. The second-order valence-corrected chi connectivity index (χ2v) is 3.78. The summed E-state index contributed by atoms with van der Waals surface area (Å²) in [5.41, 5.74) is 1.72. The Morgan fingerprint density at radius 3 is 2.92 bits per heavy atom. The molecule has 2 rings (SSSR count). The van der Waals surface area contributed by atoms with E-state index in [1.54, 1.807) is 13.1 Å². The highest BCUT2D eigenvalue weighted by atomic mass is 79.9. The van der Waals surface area contributed by atoms with Crippen molar-refractivity contribution in [2.24, 2.45) is 0 Å². The fourth-order valence-corrected chi connectivity index (χ4v) is 2.00. The number of nitrogens with one attached hydrogen (secondary N) is 1. The smallest absolute Gasteiger partial charge is 0.161 e. The molecule has 0 amide bonds. The zero-order valence-corrected chi connectivity index (χ0v) is 8.68. The third kappa shape index (κ3) is 1.29. The Balaban J connectivity index is 2.86. The van der Waals surface area contributed by atoms with Crippen molar-refractivity contribution in [2.45, 2.75) is 6.92 Å². The van der Waals surface area contributed by atoms with Gasteiger partial charge in [0.15, 0.2) is 5.78 Å². The Bertz CT molecular complexity index is 473. The molecule has 0 bridgehead atoms. The van der Waals surface area contributed by atoms with Gasteiger partial charge in [-0.25, -0.2) is 0 Å². The van der Waals surface area contributed by atoms with E-state index in [1.165, 1.54) is 0 Å². The highest BCUT2D eigenvalue weighted by Crippen LogP contribution is 2.26. The Morgan fingerprint density at radius 2 is 2.23 bits per heavy atom. The molecular weight excluding hydrogens is 230 g/mol. The number of H-pyrrole nitrogens is 1. The number of fused-ring (bicyclic) bond motifs is 1. The number of aromatic amines is 1. The van der Waals surface area contributed by atoms with E-state index >= 15 is 0 Å². The van der Waals surface area contributed by atoms with Gasteiger partial charge >= 0.3 is 0 Å². The molecule has 0 spiro atoms. The number of hydrogen-bond acceptors (Lipinski definition) is 1. The van der Waals surface area contributed by atoms with Crippen LogP contribution >= 0.6 is 15.9 Å². The van der Waals surface area contributed by atoms with Gasteiger partial charge in [0.05, 0.1) is 0 Å². The van der Waals surface area contributed by atoms with E-state index in [0.717, 1.165) is 20.9 Å². The summed E-state index contributed by atoms with van der Waals surface area (Å²) in [5.74, 6) is 0.0816. The van der Waals surface area contributed by atoms with Crippen molar-refractivity contribution in [3.8, 4) is 0 Å². The number of Topliss-reactive ketones (excluding diaryl/α,β-unsaturated/α-hetero) is 1. The van der Waals surface area contributed by atoms with Crippen LogP contribution in [0.4, 0.5) is 0 Å². The lowest BCUT2D eigenvalue weighted by molar-refractivity contribution is 0.101. The summed E-state index contributed by atoms with van der Waals surface area (Å²) in [6.45, 7) is 1.57. The summed E-state index contributed by atoms with van der Waals surface area (Å²) in [6.07, 6.45) is 1.75. The normalized spacial score (nSPS) is 10.6. The lowest BCUT2D eigenvalue weighted by Crippen LogP contribution is -1.88. The maximum Gasteiger partial charge on any atom is 0.161 e. The number of ketones is 1. The molecule has 66 valence electrons. The van der Waals surface area contributed by atoms with Crippen molar-refractivity contribution >= 4 is 32.6 Å². The first-order valence-electron chi connectivity index (χ1n) is 3.96. The second-order valence-electron chi connectivity index (χ2n) is 2.92. The standard InChI is InChI=1S/C10H8BrNO/c1-6(13)7-5-12-9-4-2-3-8(11)10(7)9/h2-5,12H,1H3. The Labute approximate surface area is 84.1 Å². The highest BCUT2D eigenvalue weighted by Gasteiger charge is 2.09. The number of benzene rings is 1. The number of rotatable bonds is 1. The van der Waals surface area contributed by atoms with Crippen LogP contribution in [-0.4, -0.2) is 10.8 Å². The van der Waals surface area contributed by atoms with Crippen LogP contribution in [0.25, 0.3) is 10.9 Å². The van der Waals surface area contributed by atoms with Gasteiger partial charge in [0.25, 0.3) is 0 Å². The molecule has 3 heteroatoms. The van der Waals surface area contributed by atoms with E-state index in [-0.39, 0.29) is 5.78 Å². The van der Waals surface area contributed by atoms with Gasteiger partial charge in [-0.2, -0.15) is 0 Å². The van der Waals surface area contributed by atoms with Crippen molar-refractivity contribution in [3.63, 3.8) is 0 Å². The summed E-state index contributed by atoms with van der Waals surface area (Å²) in [7, 11) is 0. The second kappa shape index (κ2) is 3.00. The minimum atomic E-state index is 0.0816. The van der Waals surface area contributed by atoms with Gasteiger partial charge in [0.2, 0.25) is 0 Å². The molecule has 0 atom stereocenters. The van der Waals surface area contributed by atoms with Gasteiger partial charge < -0.3 is 4.98 Å². The molecular formula is C10H8BrNO. The quantitative estimate of drug-likeness (QED) is 0.760. The SMILES string of the molecule is CC(=O)c1c[nH]c2cccc(Br)c12. The Morgan fingerprint density at radius 1 is 1.46 bits per heavy atom. The van der Waals surface area contributed by atoms with Crippen molar-refractivity contribution in [1.29, 1.82) is 0 Å². The van der Waals surface area contributed by atoms with Crippen molar-refractivity contribution < 1.29 is 4.79 Å². The van der Waals surface area contributed by atoms with E-state index in [4.69, 9.17) is 0 Å².